The summed E-state index contributed by atoms with van der Waals surface area (Å²) in [6, 6.07) is 0.758. The minimum absolute atomic E-state index is 0.0290. The van der Waals surface area contributed by atoms with Crippen LogP contribution in [0.1, 0.15) is 49.6 Å². The van der Waals surface area contributed by atoms with E-state index in [1.165, 1.54) is 25.8 Å². The smallest absolute Gasteiger partial charge is 0.293 e. The maximum absolute atomic E-state index is 12.6. The van der Waals surface area contributed by atoms with Gasteiger partial charge in [0, 0.05) is 31.6 Å². The fourth-order valence-electron chi connectivity index (χ4n) is 3.31. The molecule has 2 atom stereocenters. The number of aromatic amines is 1. The molecule has 1 N–H and O–H groups in total. The molecule has 6 nitrogen and oxygen atoms in total. The molecule has 0 aromatic carbocycles. The SMILES string of the molecule is CCc1nc(C(=O)N2CC3CCCCN3CC2C)n[nH]1. The van der Waals surface area contributed by atoms with Crippen LogP contribution in [0.15, 0.2) is 0 Å². The van der Waals surface area contributed by atoms with Gasteiger partial charge < -0.3 is 4.90 Å². The Morgan fingerprint density at radius 1 is 1.40 bits per heavy atom. The van der Waals surface area contributed by atoms with E-state index in [4.69, 9.17) is 0 Å². The molecule has 0 radical (unpaired) electrons. The quantitative estimate of drug-likeness (QED) is 0.878. The molecule has 2 saturated heterocycles. The normalized spacial score (nSPS) is 27.4. The van der Waals surface area contributed by atoms with Crippen LogP contribution in [0.4, 0.5) is 0 Å². The molecule has 6 heteroatoms. The van der Waals surface area contributed by atoms with Gasteiger partial charge in [-0.25, -0.2) is 4.98 Å². The number of hydrogen-bond acceptors (Lipinski definition) is 4. The maximum Gasteiger partial charge on any atom is 0.293 e. The number of carbonyl (C=O) groups is 1. The standard InChI is InChI=1S/C14H23N5O/c1-3-12-15-13(17-16-12)14(20)19-9-11-6-4-5-7-18(11)8-10(19)2/h10-11H,3-9H2,1-2H3,(H,15,16,17). The first-order valence-corrected chi connectivity index (χ1v) is 7.65. The van der Waals surface area contributed by atoms with Crippen LogP contribution in [0, 0.1) is 0 Å². The zero-order chi connectivity index (χ0) is 14.1. The number of hydrogen-bond donors (Lipinski definition) is 1. The van der Waals surface area contributed by atoms with E-state index < -0.39 is 0 Å². The van der Waals surface area contributed by atoms with Crippen LogP contribution >= 0.6 is 0 Å². The zero-order valence-electron chi connectivity index (χ0n) is 12.3. The first kappa shape index (κ1) is 13.5. The first-order valence-electron chi connectivity index (χ1n) is 7.65. The second-order valence-corrected chi connectivity index (χ2v) is 5.91. The molecule has 1 aromatic heterocycles. The van der Waals surface area contributed by atoms with E-state index in [-0.39, 0.29) is 11.9 Å². The van der Waals surface area contributed by atoms with Gasteiger partial charge in [0.2, 0.25) is 5.82 Å². The Morgan fingerprint density at radius 3 is 3.00 bits per heavy atom. The third-order valence-electron chi connectivity index (χ3n) is 4.51. The van der Waals surface area contributed by atoms with Gasteiger partial charge in [0.1, 0.15) is 5.82 Å². The van der Waals surface area contributed by atoms with Gasteiger partial charge in [-0.1, -0.05) is 13.3 Å². The number of amides is 1. The van der Waals surface area contributed by atoms with Crippen molar-refractivity contribution >= 4 is 5.91 Å². The molecule has 0 aliphatic carbocycles. The van der Waals surface area contributed by atoms with Crippen molar-refractivity contribution in [3.63, 3.8) is 0 Å². The molecule has 2 fully saturated rings. The molecule has 3 rings (SSSR count). The molecule has 110 valence electrons. The molecule has 0 spiro atoms. The second kappa shape index (κ2) is 5.52. The number of carbonyl (C=O) groups excluding carboxylic acids is 1. The molecule has 0 saturated carbocycles. The average molecular weight is 277 g/mol. The number of nitrogens with zero attached hydrogens (tertiary/aromatic N) is 4. The average Bonchev–Trinajstić information content (AvgIpc) is 2.94. The summed E-state index contributed by atoms with van der Waals surface area (Å²) in [5.41, 5.74) is 0. The van der Waals surface area contributed by atoms with Crippen molar-refractivity contribution in [3.05, 3.63) is 11.6 Å². The number of aromatic nitrogens is 3. The van der Waals surface area contributed by atoms with Crippen molar-refractivity contribution in [3.8, 4) is 0 Å². The van der Waals surface area contributed by atoms with Gasteiger partial charge in [-0.2, -0.15) is 0 Å². The first-order chi connectivity index (χ1) is 9.69. The van der Waals surface area contributed by atoms with Crippen molar-refractivity contribution in [2.75, 3.05) is 19.6 Å². The highest BCUT2D eigenvalue weighted by atomic mass is 16.2. The Balaban J connectivity index is 1.73. The summed E-state index contributed by atoms with van der Waals surface area (Å²) in [7, 11) is 0. The Morgan fingerprint density at radius 2 is 2.25 bits per heavy atom. The molecular weight excluding hydrogens is 254 g/mol. The second-order valence-electron chi connectivity index (χ2n) is 5.91. The lowest BCUT2D eigenvalue weighted by atomic mass is 9.97. The number of H-pyrrole nitrogens is 1. The van der Waals surface area contributed by atoms with Gasteiger partial charge in [0.05, 0.1) is 0 Å². The van der Waals surface area contributed by atoms with Crippen LogP contribution in [-0.4, -0.2) is 62.6 Å². The van der Waals surface area contributed by atoms with Gasteiger partial charge >= 0.3 is 0 Å². The fourth-order valence-corrected chi connectivity index (χ4v) is 3.31. The lowest BCUT2D eigenvalue weighted by molar-refractivity contribution is 0.0144. The third-order valence-corrected chi connectivity index (χ3v) is 4.51. The minimum atomic E-state index is -0.0290. The van der Waals surface area contributed by atoms with Crippen LogP contribution in [-0.2, 0) is 6.42 Å². The van der Waals surface area contributed by atoms with Gasteiger partial charge in [-0.3, -0.25) is 14.8 Å². The molecular formula is C14H23N5O. The van der Waals surface area contributed by atoms with Gasteiger partial charge in [0.25, 0.3) is 5.91 Å². The molecule has 1 amide bonds. The van der Waals surface area contributed by atoms with Gasteiger partial charge in [-0.05, 0) is 26.3 Å². The Kier molecular flexibility index (Phi) is 3.74. The van der Waals surface area contributed by atoms with Crippen molar-refractivity contribution in [2.45, 2.75) is 51.6 Å². The van der Waals surface area contributed by atoms with E-state index >= 15 is 0 Å². The van der Waals surface area contributed by atoms with E-state index in [0.717, 1.165) is 25.3 Å². The van der Waals surface area contributed by atoms with E-state index in [1.54, 1.807) is 0 Å². The Bertz CT molecular complexity index is 486. The summed E-state index contributed by atoms with van der Waals surface area (Å²) >= 11 is 0. The predicted molar refractivity (Wildman–Crippen MR) is 75.5 cm³/mol. The molecule has 2 unspecified atom stereocenters. The maximum atomic E-state index is 12.6. The summed E-state index contributed by atoms with van der Waals surface area (Å²) in [4.78, 5) is 21.3. The molecule has 0 bridgehead atoms. The number of aryl methyl sites for hydroxylation is 1. The highest BCUT2D eigenvalue weighted by Gasteiger charge is 2.36. The number of piperidine rings is 1. The summed E-state index contributed by atoms with van der Waals surface area (Å²) in [5.74, 6) is 1.06. The third kappa shape index (κ3) is 2.44. The molecule has 20 heavy (non-hydrogen) atoms. The molecule has 2 aliphatic heterocycles. The van der Waals surface area contributed by atoms with E-state index in [1.807, 2.05) is 11.8 Å². The molecule has 1 aromatic rings. The van der Waals surface area contributed by atoms with Crippen molar-refractivity contribution in [2.24, 2.45) is 0 Å². The summed E-state index contributed by atoms with van der Waals surface area (Å²) < 4.78 is 0. The van der Waals surface area contributed by atoms with Crippen LogP contribution in [0.3, 0.4) is 0 Å². The lowest BCUT2D eigenvalue weighted by Gasteiger charge is -2.47. The van der Waals surface area contributed by atoms with Crippen LogP contribution in [0.5, 0.6) is 0 Å². The molecule has 2 aliphatic rings. The number of nitrogens with one attached hydrogen (secondary N) is 1. The van der Waals surface area contributed by atoms with Crippen LogP contribution < -0.4 is 0 Å². The number of piperazine rings is 1. The highest BCUT2D eigenvalue weighted by Crippen LogP contribution is 2.24. The minimum Gasteiger partial charge on any atom is -0.330 e. The van der Waals surface area contributed by atoms with E-state index in [9.17, 15) is 4.79 Å². The van der Waals surface area contributed by atoms with Crippen molar-refractivity contribution in [1.29, 1.82) is 0 Å². The Hall–Kier alpha value is -1.43. The molecule has 3 heterocycles. The topological polar surface area (TPSA) is 65.1 Å². The number of rotatable bonds is 2. The zero-order valence-corrected chi connectivity index (χ0v) is 12.3. The fraction of sp³-hybridized carbons (Fsp3) is 0.786. The van der Waals surface area contributed by atoms with Crippen LogP contribution in [0.2, 0.25) is 0 Å². The van der Waals surface area contributed by atoms with Crippen LogP contribution in [0.25, 0.3) is 0 Å². The lowest BCUT2D eigenvalue weighted by Crippen LogP contribution is -2.60. The van der Waals surface area contributed by atoms with E-state index in [0.29, 0.717) is 11.9 Å². The Labute approximate surface area is 119 Å². The van der Waals surface area contributed by atoms with Gasteiger partial charge in [-0.15, -0.1) is 5.10 Å². The van der Waals surface area contributed by atoms with Crippen molar-refractivity contribution < 1.29 is 4.79 Å². The van der Waals surface area contributed by atoms with Crippen molar-refractivity contribution in [1.82, 2.24) is 25.0 Å². The summed E-state index contributed by atoms with van der Waals surface area (Å²) in [5, 5.41) is 6.89. The van der Waals surface area contributed by atoms with E-state index in [2.05, 4.69) is 27.0 Å². The summed E-state index contributed by atoms with van der Waals surface area (Å²) in [6.07, 6.45) is 4.53. The predicted octanol–water partition coefficient (Wildman–Crippen LogP) is 1.07. The largest absolute Gasteiger partial charge is 0.330 e. The number of fused-ring (bicyclic) bond motifs is 1. The highest BCUT2D eigenvalue weighted by molar-refractivity contribution is 5.90. The summed E-state index contributed by atoms with van der Waals surface area (Å²) in [6.45, 7) is 7.09. The monoisotopic (exact) mass is 277 g/mol. The van der Waals surface area contributed by atoms with Gasteiger partial charge in [0.15, 0.2) is 0 Å².